The van der Waals surface area contributed by atoms with E-state index in [9.17, 15) is 4.79 Å². The third kappa shape index (κ3) is 2.97. The highest BCUT2D eigenvalue weighted by molar-refractivity contribution is 5.85. The Morgan fingerprint density at radius 2 is 1.85 bits per heavy atom. The third-order valence-corrected chi connectivity index (χ3v) is 3.66. The van der Waals surface area contributed by atoms with Crippen molar-refractivity contribution in [2.45, 2.75) is 32.7 Å². The molecule has 1 heterocycles. The second kappa shape index (κ2) is 6.77. The van der Waals surface area contributed by atoms with Crippen molar-refractivity contribution in [1.29, 1.82) is 0 Å². The van der Waals surface area contributed by atoms with Crippen molar-refractivity contribution in [2.75, 3.05) is 0 Å². The Balaban J connectivity index is 0.00000200. The molecule has 1 aromatic carbocycles. The van der Waals surface area contributed by atoms with Gasteiger partial charge in [-0.3, -0.25) is 9.48 Å². The van der Waals surface area contributed by atoms with Crippen LogP contribution in [0.5, 0.6) is 0 Å². The first-order valence-corrected chi connectivity index (χ1v) is 6.64. The fraction of sp³-hybridized carbons (Fsp3) is 0.400. The summed E-state index contributed by atoms with van der Waals surface area (Å²) in [5, 5.41) is 0. The first-order valence-electron chi connectivity index (χ1n) is 6.64. The van der Waals surface area contributed by atoms with E-state index in [0.29, 0.717) is 6.42 Å². The Hall–Kier alpha value is -1.52. The maximum atomic E-state index is 12.5. The zero-order valence-corrected chi connectivity index (χ0v) is 13.0. The lowest BCUT2D eigenvalue weighted by Gasteiger charge is -2.07. The average molecular weight is 296 g/mol. The smallest absolute Gasteiger partial charge is 0.274 e. The molecule has 0 aliphatic carbocycles. The van der Waals surface area contributed by atoms with Gasteiger partial charge in [0.1, 0.15) is 0 Å². The Labute approximate surface area is 125 Å². The number of aromatic nitrogens is 2. The molecule has 0 radical (unpaired) electrons. The van der Waals surface area contributed by atoms with E-state index in [0.717, 1.165) is 23.4 Å². The highest BCUT2D eigenvalue weighted by Crippen LogP contribution is 2.11. The minimum absolute atomic E-state index is 0. The minimum atomic E-state index is 0. The number of hydrogen-bond acceptors (Lipinski definition) is 2. The van der Waals surface area contributed by atoms with Gasteiger partial charge in [0.15, 0.2) is 0 Å². The molecule has 0 aliphatic rings. The third-order valence-electron chi connectivity index (χ3n) is 3.66. The van der Waals surface area contributed by atoms with Gasteiger partial charge in [-0.1, -0.05) is 25.1 Å². The molecule has 1 aromatic heterocycles. The van der Waals surface area contributed by atoms with Gasteiger partial charge >= 0.3 is 0 Å². The molecular formula is C15H22ClN3O. The lowest BCUT2D eigenvalue weighted by atomic mass is 10.1. The second-order valence-corrected chi connectivity index (χ2v) is 4.91. The highest BCUT2D eigenvalue weighted by atomic mass is 35.5. The van der Waals surface area contributed by atoms with Crippen LogP contribution in [0.2, 0.25) is 0 Å². The van der Waals surface area contributed by atoms with Crippen LogP contribution < -0.4 is 11.3 Å². The van der Waals surface area contributed by atoms with Gasteiger partial charge in [-0.05, 0) is 31.9 Å². The first kappa shape index (κ1) is 16.5. The topological polar surface area (TPSA) is 52.9 Å². The van der Waals surface area contributed by atoms with Crippen LogP contribution in [-0.4, -0.2) is 15.4 Å². The summed E-state index contributed by atoms with van der Waals surface area (Å²) in [4.78, 5) is 12.5. The molecular weight excluding hydrogens is 274 g/mol. The van der Waals surface area contributed by atoms with E-state index in [1.54, 1.807) is 4.68 Å². The summed E-state index contributed by atoms with van der Waals surface area (Å²) in [5.41, 5.74) is 8.71. The molecule has 0 aliphatic heterocycles. The van der Waals surface area contributed by atoms with Crippen LogP contribution in [0.3, 0.4) is 0 Å². The van der Waals surface area contributed by atoms with Crippen LogP contribution in [0.4, 0.5) is 0 Å². The zero-order valence-electron chi connectivity index (χ0n) is 12.2. The summed E-state index contributed by atoms with van der Waals surface area (Å²) in [6.07, 6.45) is 1.51. The van der Waals surface area contributed by atoms with Gasteiger partial charge in [0.05, 0.1) is 5.69 Å². The average Bonchev–Trinajstić information content (AvgIpc) is 2.63. The molecule has 0 saturated carbocycles. The van der Waals surface area contributed by atoms with E-state index in [4.69, 9.17) is 5.73 Å². The van der Waals surface area contributed by atoms with E-state index in [1.165, 1.54) is 0 Å². The van der Waals surface area contributed by atoms with E-state index < -0.39 is 0 Å². The van der Waals surface area contributed by atoms with Crippen molar-refractivity contribution < 1.29 is 0 Å². The van der Waals surface area contributed by atoms with Gasteiger partial charge in [-0.25, -0.2) is 4.68 Å². The summed E-state index contributed by atoms with van der Waals surface area (Å²) in [6, 6.07) is 9.72. The second-order valence-electron chi connectivity index (χ2n) is 4.91. The quantitative estimate of drug-likeness (QED) is 0.940. The van der Waals surface area contributed by atoms with Crippen molar-refractivity contribution >= 4 is 12.4 Å². The number of nitrogens with two attached hydrogens (primary N) is 1. The molecule has 2 rings (SSSR count). The molecule has 1 atom stereocenters. The number of hydrogen-bond donors (Lipinski definition) is 1. The Kier molecular flexibility index (Phi) is 5.60. The molecule has 2 N–H and O–H groups in total. The van der Waals surface area contributed by atoms with Crippen LogP contribution in [0.25, 0.3) is 5.69 Å². The van der Waals surface area contributed by atoms with Gasteiger partial charge < -0.3 is 5.73 Å². The summed E-state index contributed by atoms with van der Waals surface area (Å²) < 4.78 is 3.60. The molecule has 20 heavy (non-hydrogen) atoms. The van der Waals surface area contributed by atoms with Gasteiger partial charge in [0.25, 0.3) is 5.56 Å². The fourth-order valence-electron chi connectivity index (χ4n) is 2.27. The number of benzene rings is 1. The van der Waals surface area contributed by atoms with Crippen molar-refractivity contribution in [2.24, 2.45) is 12.8 Å². The Morgan fingerprint density at radius 3 is 2.40 bits per heavy atom. The maximum Gasteiger partial charge on any atom is 0.274 e. The maximum absolute atomic E-state index is 12.5. The molecule has 1 unspecified atom stereocenters. The summed E-state index contributed by atoms with van der Waals surface area (Å²) >= 11 is 0. The van der Waals surface area contributed by atoms with Crippen molar-refractivity contribution in [1.82, 2.24) is 9.36 Å². The number of nitrogens with zero attached hydrogens (tertiary/aromatic N) is 2. The van der Waals surface area contributed by atoms with Crippen molar-refractivity contribution in [3.05, 3.63) is 51.9 Å². The first-order chi connectivity index (χ1) is 9.06. The summed E-state index contributed by atoms with van der Waals surface area (Å²) in [7, 11) is 1.91. The van der Waals surface area contributed by atoms with Crippen LogP contribution >= 0.6 is 12.4 Å². The van der Waals surface area contributed by atoms with Crippen molar-refractivity contribution in [3.8, 4) is 5.69 Å². The van der Waals surface area contributed by atoms with Gasteiger partial charge in [-0.15, -0.1) is 12.4 Å². The van der Waals surface area contributed by atoms with Crippen LogP contribution in [0.15, 0.2) is 35.1 Å². The lowest BCUT2D eigenvalue weighted by Crippen LogP contribution is -2.26. The van der Waals surface area contributed by atoms with E-state index >= 15 is 0 Å². The molecule has 0 saturated heterocycles. The van der Waals surface area contributed by atoms with Crippen LogP contribution in [0.1, 0.15) is 24.6 Å². The van der Waals surface area contributed by atoms with Crippen LogP contribution in [0, 0.1) is 6.92 Å². The molecule has 0 spiro atoms. The summed E-state index contributed by atoms with van der Waals surface area (Å²) in [6.45, 7) is 4.01. The predicted molar refractivity (Wildman–Crippen MR) is 85.0 cm³/mol. The molecule has 110 valence electrons. The number of rotatable bonds is 4. The van der Waals surface area contributed by atoms with Crippen molar-refractivity contribution in [3.63, 3.8) is 0 Å². The number of para-hydroxylation sites is 1. The monoisotopic (exact) mass is 295 g/mol. The SMILES string of the molecule is CCC(N)Cc1c(C)n(C)n(-c2ccccc2)c1=O.Cl. The zero-order chi connectivity index (χ0) is 14.0. The molecule has 0 bridgehead atoms. The molecule has 4 nitrogen and oxygen atoms in total. The highest BCUT2D eigenvalue weighted by Gasteiger charge is 2.17. The minimum Gasteiger partial charge on any atom is -0.327 e. The fourth-order valence-corrected chi connectivity index (χ4v) is 2.27. The van der Waals surface area contributed by atoms with E-state index in [1.807, 2.05) is 55.9 Å². The molecule has 0 fully saturated rings. The van der Waals surface area contributed by atoms with Crippen LogP contribution in [-0.2, 0) is 13.5 Å². The van der Waals surface area contributed by atoms with Gasteiger partial charge in [0.2, 0.25) is 0 Å². The Bertz CT molecular complexity index is 616. The standard InChI is InChI=1S/C15H21N3O.ClH/c1-4-12(16)10-14-11(2)17(3)18(15(14)19)13-8-6-5-7-9-13;/h5-9,12H,4,10,16H2,1-3H3;1H. The normalized spacial score (nSPS) is 12.0. The largest absolute Gasteiger partial charge is 0.327 e. The molecule has 5 heteroatoms. The predicted octanol–water partition coefficient (Wildman–Crippen LogP) is 2.19. The van der Waals surface area contributed by atoms with E-state index in [2.05, 4.69) is 0 Å². The lowest BCUT2D eigenvalue weighted by molar-refractivity contribution is 0.629. The molecule has 0 amide bonds. The van der Waals surface area contributed by atoms with E-state index in [-0.39, 0.29) is 24.0 Å². The summed E-state index contributed by atoms with van der Waals surface area (Å²) in [5.74, 6) is 0. The molecule has 2 aromatic rings. The van der Waals surface area contributed by atoms with Gasteiger partial charge in [0, 0.05) is 24.3 Å². The van der Waals surface area contributed by atoms with Gasteiger partial charge in [-0.2, -0.15) is 0 Å². The number of halogens is 1. The Morgan fingerprint density at radius 1 is 1.25 bits per heavy atom.